The predicted molar refractivity (Wildman–Crippen MR) is 71.6 cm³/mol. The molecule has 1 unspecified atom stereocenters. The first-order valence-electron chi connectivity index (χ1n) is 6.29. The number of likely N-dealkylation sites (tertiary alicyclic amines) is 1. The van der Waals surface area contributed by atoms with Crippen molar-refractivity contribution in [2.45, 2.75) is 25.4 Å². The van der Waals surface area contributed by atoms with Gasteiger partial charge in [0, 0.05) is 12.2 Å². The van der Waals surface area contributed by atoms with Gasteiger partial charge in [-0.2, -0.15) is 5.26 Å². The van der Waals surface area contributed by atoms with Crippen LogP contribution in [0.3, 0.4) is 0 Å². The van der Waals surface area contributed by atoms with Crippen molar-refractivity contribution in [3.63, 3.8) is 0 Å². The maximum Gasteiger partial charge on any atom is 0.321 e. The van der Waals surface area contributed by atoms with Crippen molar-refractivity contribution in [2.75, 3.05) is 18.4 Å². The molecular weight excluding hydrogens is 242 g/mol. The normalized spacial score (nSPS) is 22.7. The number of benzene rings is 1. The SMILES string of the molecule is CC1(O)CCCN(C(=O)Nc2ccc(C#N)cc2)C1. The Morgan fingerprint density at radius 2 is 2.16 bits per heavy atom. The third kappa shape index (κ3) is 3.46. The minimum absolute atomic E-state index is 0.218. The molecule has 1 aliphatic heterocycles. The summed E-state index contributed by atoms with van der Waals surface area (Å²) < 4.78 is 0. The summed E-state index contributed by atoms with van der Waals surface area (Å²) in [5.41, 5.74) is 0.397. The molecule has 0 spiro atoms. The van der Waals surface area contributed by atoms with E-state index in [0.717, 1.165) is 6.42 Å². The summed E-state index contributed by atoms with van der Waals surface area (Å²) >= 11 is 0. The van der Waals surface area contributed by atoms with Gasteiger partial charge in [-0.05, 0) is 44.0 Å². The van der Waals surface area contributed by atoms with Gasteiger partial charge in [0.25, 0.3) is 0 Å². The van der Waals surface area contributed by atoms with Crippen molar-refractivity contribution in [1.82, 2.24) is 4.90 Å². The minimum Gasteiger partial charge on any atom is -0.388 e. The molecule has 1 atom stereocenters. The number of carbonyl (C=O) groups is 1. The summed E-state index contributed by atoms with van der Waals surface area (Å²) in [5, 5.41) is 21.4. The molecule has 5 heteroatoms. The van der Waals surface area contributed by atoms with E-state index in [1.165, 1.54) is 0 Å². The van der Waals surface area contributed by atoms with Gasteiger partial charge in [0.1, 0.15) is 0 Å². The first-order chi connectivity index (χ1) is 9.00. The van der Waals surface area contributed by atoms with Crippen LogP contribution in [0.1, 0.15) is 25.3 Å². The van der Waals surface area contributed by atoms with Crippen LogP contribution in [-0.2, 0) is 0 Å². The molecule has 0 aromatic heterocycles. The number of amides is 2. The zero-order chi connectivity index (χ0) is 13.9. The summed E-state index contributed by atoms with van der Waals surface area (Å²) in [6.07, 6.45) is 1.52. The van der Waals surface area contributed by atoms with E-state index in [9.17, 15) is 9.90 Å². The minimum atomic E-state index is -0.805. The van der Waals surface area contributed by atoms with E-state index in [4.69, 9.17) is 5.26 Å². The fourth-order valence-electron chi connectivity index (χ4n) is 2.22. The average molecular weight is 259 g/mol. The Kier molecular flexibility index (Phi) is 3.72. The van der Waals surface area contributed by atoms with Gasteiger partial charge in [-0.15, -0.1) is 0 Å². The largest absolute Gasteiger partial charge is 0.388 e. The molecule has 2 rings (SSSR count). The highest BCUT2D eigenvalue weighted by atomic mass is 16.3. The summed E-state index contributed by atoms with van der Waals surface area (Å²) in [4.78, 5) is 13.7. The lowest BCUT2D eigenvalue weighted by Gasteiger charge is -2.36. The number of hydrogen-bond donors (Lipinski definition) is 2. The van der Waals surface area contributed by atoms with Crippen molar-refractivity contribution in [3.8, 4) is 6.07 Å². The van der Waals surface area contributed by atoms with Crippen LogP contribution in [0, 0.1) is 11.3 Å². The number of nitrogens with zero attached hydrogens (tertiary/aromatic N) is 2. The molecular formula is C14H17N3O2. The topological polar surface area (TPSA) is 76.4 Å². The van der Waals surface area contributed by atoms with Crippen LogP contribution in [0.4, 0.5) is 10.5 Å². The zero-order valence-corrected chi connectivity index (χ0v) is 10.9. The average Bonchev–Trinajstić information content (AvgIpc) is 2.38. The second kappa shape index (κ2) is 5.29. The van der Waals surface area contributed by atoms with Crippen molar-refractivity contribution < 1.29 is 9.90 Å². The molecule has 0 radical (unpaired) electrons. The van der Waals surface area contributed by atoms with Crippen molar-refractivity contribution in [1.29, 1.82) is 5.26 Å². The molecule has 1 saturated heterocycles. The van der Waals surface area contributed by atoms with E-state index < -0.39 is 5.60 Å². The molecule has 0 saturated carbocycles. The van der Waals surface area contributed by atoms with Crippen LogP contribution in [0.2, 0.25) is 0 Å². The Bertz CT molecular complexity index is 502. The number of β-amino-alcohol motifs (C(OH)–C–C–N with tert-alkyl or cyclic N) is 1. The molecule has 2 N–H and O–H groups in total. The molecule has 5 nitrogen and oxygen atoms in total. The van der Waals surface area contributed by atoms with Crippen LogP contribution in [0.15, 0.2) is 24.3 Å². The second-order valence-corrected chi connectivity index (χ2v) is 5.14. The fourth-order valence-corrected chi connectivity index (χ4v) is 2.22. The fraction of sp³-hybridized carbons (Fsp3) is 0.429. The maximum atomic E-state index is 12.0. The lowest BCUT2D eigenvalue weighted by Crippen LogP contribution is -2.49. The van der Waals surface area contributed by atoms with Crippen LogP contribution in [-0.4, -0.2) is 34.7 Å². The number of urea groups is 1. The van der Waals surface area contributed by atoms with E-state index in [-0.39, 0.29) is 6.03 Å². The van der Waals surface area contributed by atoms with E-state index in [1.807, 2.05) is 6.07 Å². The van der Waals surface area contributed by atoms with Gasteiger partial charge in [0.2, 0.25) is 0 Å². The number of nitrogens with one attached hydrogen (secondary N) is 1. The first kappa shape index (κ1) is 13.4. The van der Waals surface area contributed by atoms with E-state index >= 15 is 0 Å². The second-order valence-electron chi connectivity index (χ2n) is 5.14. The van der Waals surface area contributed by atoms with Crippen molar-refractivity contribution >= 4 is 11.7 Å². The monoisotopic (exact) mass is 259 g/mol. The van der Waals surface area contributed by atoms with Gasteiger partial charge >= 0.3 is 6.03 Å². The lowest BCUT2D eigenvalue weighted by molar-refractivity contribution is -0.000634. The Morgan fingerprint density at radius 1 is 1.47 bits per heavy atom. The molecule has 1 aromatic carbocycles. The quantitative estimate of drug-likeness (QED) is 0.809. The molecule has 1 aromatic rings. The lowest BCUT2D eigenvalue weighted by atomic mass is 9.95. The summed E-state index contributed by atoms with van der Waals surface area (Å²) in [6.45, 7) is 2.74. The number of hydrogen-bond acceptors (Lipinski definition) is 3. The molecule has 1 aliphatic rings. The molecule has 0 bridgehead atoms. The molecule has 1 fully saturated rings. The third-order valence-corrected chi connectivity index (χ3v) is 3.23. The predicted octanol–water partition coefficient (Wildman–Crippen LogP) is 1.94. The number of nitriles is 1. The zero-order valence-electron chi connectivity index (χ0n) is 10.9. The maximum absolute atomic E-state index is 12.0. The molecule has 2 amide bonds. The highest BCUT2D eigenvalue weighted by molar-refractivity contribution is 5.89. The smallest absolute Gasteiger partial charge is 0.321 e. The summed E-state index contributed by atoms with van der Waals surface area (Å²) in [5.74, 6) is 0. The highest BCUT2D eigenvalue weighted by Crippen LogP contribution is 2.21. The summed E-state index contributed by atoms with van der Waals surface area (Å²) in [6, 6.07) is 8.50. The van der Waals surface area contributed by atoms with E-state index in [2.05, 4.69) is 5.32 Å². The Hall–Kier alpha value is -2.06. The number of carbonyl (C=O) groups excluding carboxylic acids is 1. The molecule has 100 valence electrons. The number of rotatable bonds is 1. The van der Waals surface area contributed by atoms with Crippen LogP contribution in [0.25, 0.3) is 0 Å². The number of piperidine rings is 1. The number of anilines is 1. The third-order valence-electron chi connectivity index (χ3n) is 3.23. The van der Waals surface area contributed by atoms with Gasteiger partial charge in [0.05, 0.1) is 23.8 Å². The van der Waals surface area contributed by atoms with Crippen molar-refractivity contribution in [3.05, 3.63) is 29.8 Å². The van der Waals surface area contributed by atoms with Gasteiger partial charge in [0.15, 0.2) is 0 Å². The molecule has 1 heterocycles. The van der Waals surface area contributed by atoms with Gasteiger partial charge in [-0.25, -0.2) is 4.79 Å². The van der Waals surface area contributed by atoms with Gasteiger partial charge in [-0.3, -0.25) is 0 Å². The van der Waals surface area contributed by atoms with Gasteiger partial charge < -0.3 is 15.3 Å². The van der Waals surface area contributed by atoms with Gasteiger partial charge in [-0.1, -0.05) is 0 Å². The van der Waals surface area contributed by atoms with E-state index in [1.54, 1.807) is 36.1 Å². The summed E-state index contributed by atoms with van der Waals surface area (Å²) in [7, 11) is 0. The van der Waals surface area contributed by atoms with E-state index in [0.29, 0.717) is 30.8 Å². The first-order valence-corrected chi connectivity index (χ1v) is 6.29. The van der Waals surface area contributed by atoms with Crippen molar-refractivity contribution in [2.24, 2.45) is 0 Å². The Balaban J connectivity index is 1.98. The molecule has 19 heavy (non-hydrogen) atoms. The Morgan fingerprint density at radius 3 is 2.74 bits per heavy atom. The van der Waals surface area contributed by atoms with Crippen LogP contribution >= 0.6 is 0 Å². The Labute approximate surface area is 112 Å². The number of aliphatic hydroxyl groups is 1. The highest BCUT2D eigenvalue weighted by Gasteiger charge is 2.30. The molecule has 0 aliphatic carbocycles. The van der Waals surface area contributed by atoms with Crippen LogP contribution in [0.5, 0.6) is 0 Å². The standard InChI is InChI=1S/C14H17N3O2/c1-14(19)7-2-8-17(10-14)13(18)16-12-5-3-11(9-15)4-6-12/h3-6,19H,2,7-8,10H2,1H3,(H,16,18). The van der Waals surface area contributed by atoms with Crippen LogP contribution < -0.4 is 5.32 Å².